The van der Waals surface area contributed by atoms with Crippen LogP contribution in [0, 0.1) is 11.8 Å². The van der Waals surface area contributed by atoms with Crippen molar-refractivity contribution >= 4 is 17.7 Å². The first kappa shape index (κ1) is 38.4. The predicted molar refractivity (Wildman–Crippen MR) is 148 cm³/mol. The summed E-state index contributed by atoms with van der Waals surface area (Å²) < 4.78 is 15.2. The molecule has 40 heavy (non-hydrogen) atoms. The Hall–Kier alpha value is -1.63. The molecule has 8 atom stereocenters. The summed E-state index contributed by atoms with van der Waals surface area (Å²) in [6.07, 6.45) is -0.326. The Kier molecular flexibility index (Phi) is 21.1. The summed E-state index contributed by atoms with van der Waals surface area (Å²) in [6, 6.07) is 0. The summed E-state index contributed by atoms with van der Waals surface area (Å²) in [4.78, 5) is 35.2. The average molecular weight is 579 g/mol. The fraction of sp³-hybridized carbons (Fsp3) is 0.897. The molecule has 4 unspecified atom stereocenters. The van der Waals surface area contributed by atoms with Crippen LogP contribution in [0.3, 0.4) is 0 Å². The van der Waals surface area contributed by atoms with Gasteiger partial charge in [-0.3, -0.25) is 9.59 Å². The zero-order valence-electron chi connectivity index (χ0n) is 25.0. The van der Waals surface area contributed by atoms with E-state index in [0.717, 1.165) is 51.4 Å². The number of carbonyl (C=O) groups is 3. The van der Waals surface area contributed by atoms with Gasteiger partial charge in [0.25, 0.3) is 0 Å². The Morgan fingerprint density at radius 1 is 0.850 bits per heavy atom. The molecule has 0 aromatic rings. The Labute approximate surface area is 239 Å². The normalized spacial score (nSPS) is 29.6. The Bertz CT molecular complexity index is 701. The minimum Gasteiger partial charge on any atom is -0.479 e. The second-order valence-corrected chi connectivity index (χ2v) is 9.78. The molecule has 236 valence electrons. The quantitative estimate of drug-likeness (QED) is 0.134. The van der Waals surface area contributed by atoms with Gasteiger partial charge in [-0.05, 0) is 25.2 Å². The smallest absolute Gasteiger partial charge is 0.335 e. The molecule has 11 nitrogen and oxygen atoms in total. The third kappa shape index (κ3) is 12.9. The van der Waals surface area contributed by atoms with E-state index in [4.69, 9.17) is 19.3 Å². The molecule has 1 saturated carbocycles. The molecule has 1 saturated heterocycles. The van der Waals surface area contributed by atoms with E-state index < -0.39 is 48.7 Å². The number of aliphatic hydroxyl groups excluding tert-OH is 4. The van der Waals surface area contributed by atoms with E-state index in [-0.39, 0.29) is 43.7 Å². The molecule has 0 radical (unpaired) electrons. The van der Waals surface area contributed by atoms with Gasteiger partial charge in [-0.25, -0.2) is 4.79 Å². The third-order valence-electron chi connectivity index (χ3n) is 7.06. The van der Waals surface area contributed by atoms with Crippen molar-refractivity contribution in [2.24, 2.45) is 11.8 Å². The molecule has 5 N–H and O–H groups in total. The molecule has 2 fully saturated rings. The Morgan fingerprint density at radius 2 is 1.48 bits per heavy atom. The average Bonchev–Trinajstić information content (AvgIpc) is 3.22. The molecular weight excluding hydrogens is 524 g/mol. The molecule has 0 spiro atoms. The van der Waals surface area contributed by atoms with Crippen LogP contribution in [0.25, 0.3) is 0 Å². The number of rotatable bonds is 16. The van der Waals surface area contributed by atoms with Crippen molar-refractivity contribution in [2.75, 3.05) is 13.2 Å². The summed E-state index contributed by atoms with van der Waals surface area (Å²) in [5, 5.41) is 48.5. The van der Waals surface area contributed by atoms with Crippen LogP contribution < -0.4 is 0 Å². The number of Topliss-reactive ketones (excluding diaryl/α,β-unsaturated/α-hetero) is 1. The van der Waals surface area contributed by atoms with Gasteiger partial charge in [0.1, 0.15) is 30.7 Å². The largest absolute Gasteiger partial charge is 0.479 e. The molecule has 11 heteroatoms. The van der Waals surface area contributed by atoms with Crippen LogP contribution in [0.2, 0.25) is 0 Å². The molecule has 2 rings (SSSR count). The van der Waals surface area contributed by atoms with Gasteiger partial charge in [0, 0.05) is 18.8 Å². The van der Waals surface area contributed by atoms with Crippen molar-refractivity contribution in [3.05, 3.63) is 0 Å². The highest BCUT2D eigenvalue weighted by Gasteiger charge is 2.47. The molecule has 1 aliphatic carbocycles. The highest BCUT2D eigenvalue weighted by molar-refractivity contribution is 5.84. The number of hydrogen-bond acceptors (Lipinski definition) is 10. The minimum atomic E-state index is -1.80. The Balaban J connectivity index is 0.00000363. The molecular formula is C29H54O11. The number of ether oxygens (including phenoxy) is 3. The monoisotopic (exact) mass is 578 g/mol. The highest BCUT2D eigenvalue weighted by Crippen LogP contribution is 2.36. The van der Waals surface area contributed by atoms with Crippen LogP contribution in [0.15, 0.2) is 0 Å². The highest BCUT2D eigenvalue weighted by atomic mass is 16.7. The van der Waals surface area contributed by atoms with E-state index in [9.17, 15) is 34.8 Å². The fourth-order valence-corrected chi connectivity index (χ4v) is 4.98. The molecule has 0 amide bonds. The lowest BCUT2D eigenvalue weighted by atomic mass is 9.85. The summed E-state index contributed by atoms with van der Waals surface area (Å²) in [5.74, 6) is -1.74. The second kappa shape index (κ2) is 22.0. The SMILES string of the molecule is CC.CC.CCCCCC1C(O)CC(=O)C1CCCCCCC(=O)OCCOC1O[C@H](C(=O)O)[C@@H](O)[C@H](O)[C@H]1O. The lowest BCUT2D eigenvalue weighted by Crippen LogP contribution is -2.60. The van der Waals surface area contributed by atoms with Gasteiger partial charge in [-0.1, -0.05) is 73.1 Å². The second-order valence-electron chi connectivity index (χ2n) is 9.78. The summed E-state index contributed by atoms with van der Waals surface area (Å²) >= 11 is 0. The van der Waals surface area contributed by atoms with Crippen molar-refractivity contribution in [3.8, 4) is 0 Å². The van der Waals surface area contributed by atoms with Crippen molar-refractivity contribution < 1.29 is 54.1 Å². The molecule has 0 aromatic carbocycles. The van der Waals surface area contributed by atoms with Crippen molar-refractivity contribution in [1.29, 1.82) is 0 Å². The van der Waals surface area contributed by atoms with E-state index in [2.05, 4.69) is 6.92 Å². The van der Waals surface area contributed by atoms with Crippen molar-refractivity contribution in [2.45, 2.75) is 142 Å². The summed E-state index contributed by atoms with van der Waals surface area (Å²) in [5.41, 5.74) is 0. The first-order valence-corrected chi connectivity index (χ1v) is 15.1. The van der Waals surface area contributed by atoms with Gasteiger partial charge in [-0.2, -0.15) is 0 Å². The van der Waals surface area contributed by atoms with E-state index in [0.29, 0.717) is 6.42 Å². The van der Waals surface area contributed by atoms with Crippen LogP contribution in [0.4, 0.5) is 0 Å². The Morgan fingerprint density at radius 3 is 2.10 bits per heavy atom. The van der Waals surface area contributed by atoms with Gasteiger partial charge in [0.2, 0.25) is 0 Å². The van der Waals surface area contributed by atoms with Crippen LogP contribution in [0.1, 0.15) is 105 Å². The molecule has 1 heterocycles. The van der Waals surface area contributed by atoms with Gasteiger partial charge in [0.05, 0.1) is 12.7 Å². The van der Waals surface area contributed by atoms with Crippen molar-refractivity contribution in [3.63, 3.8) is 0 Å². The maximum absolute atomic E-state index is 12.3. The van der Waals surface area contributed by atoms with Crippen LogP contribution in [-0.4, -0.2) is 93.3 Å². The van der Waals surface area contributed by atoms with Gasteiger partial charge < -0.3 is 39.7 Å². The zero-order valence-corrected chi connectivity index (χ0v) is 25.0. The van der Waals surface area contributed by atoms with E-state index in [1.54, 1.807) is 0 Å². The van der Waals surface area contributed by atoms with Gasteiger partial charge in [-0.15, -0.1) is 0 Å². The maximum atomic E-state index is 12.3. The number of carbonyl (C=O) groups excluding carboxylic acids is 2. The first-order chi connectivity index (χ1) is 19.2. The number of hydrogen-bond donors (Lipinski definition) is 5. The van der Waals surface area contributed by atoms with Crippen LogP contribution in [0.5, 0.6) is 0 Å². The summed E-state index contributed by atoms with van der Waals surface area (Å²) in [6.45, 7) is 9.79. The third-order valence-corrected chi connectivity index (χ3v) is 7.06. The zero-order chi connectivity index (χ0) is 30.7. The molecule has 0 bridgehead atoms. The van der Waals surface area contributed by atoms with E-state index in [1.165, 1.54) is 0 Å². The molecule has 0 aromatic heterocycles. The van der Waals surface area contributed by atoms with E-state index in [1.807, 2.05) is 27.7 Å². The predicted octanol–water partition coefficient (Wildman–Crippen LogP) is 2.98. The van der Waals surface area contributed by atoms with Crippen LogP contribution in [-0.2, 0) is 28.6 Å². The number of ketones is 1. The van der Waals surface area contributed by atoms with Crippen molar-refractivity contribution in [1.82, 2.24) is 0 Å². The minimum absolute atomic E-state index is 0.0522. The standard InChI is InChI=1S/C25H42O11.2C2H6/c1-2-3-6-9-15-16(18(27)14-17(15)26)10-7-4-5-8-11-19(28)34-12-13-35-25-22(31)20(29)21(30)23(36-25)24(32)33;2*1-2/h15-17,20-23,25-26,29-31H,2-14H2,1H3,(H,32,33);2*1-2H3/t15?,16?,17?,20-,21-,22+,23-,25?;;/m0../s1. The van der Waals surface area contributed by atoms with Gasteiger partial charge in [0.15, 0.2) is 12.4 Å². The number of esters is 1. The lowest BCUT2D eigenvalue weighted by molar-refractivity contribution is -0.295. The fourth-order valence-electron chi connectivity index (χ4n) is 4.98. The topological polar surface area (TPSA) is 180 Å². The first-order valence-electron chi connectivity index (χ1n) is 15.1. The lowest BCUT2D eigenvalue weighted by Gasteiger charge is -2.38. The number of unbranched alkanes of at least 4 members (excludes halogenated alkanes) is 5. The number of carboxylic acid groups (broad SMARTS) is 1. The molecule has 2 aliphatic rings. The van der Waals surface area contributed by atoms with Crippen LogP contribution >= 0.6 is 0 Å². The number of aliphatic carboxylic acids is 1. The van der Waals surface area contributed by atoms with Gasteiger partial charge >= 0.3 is 11.9 Å². The van der Waals surface area contributed by atoms with E-state index >= 15 is 0 Å². The maximum Gasteiger partial charge on any atom is 0.335 e. The number of carboxylic acids is 1. The molecule has 1 aliphatic heterocycles. The summed E-state index contributed by atoms with van der Waals surface area (Å²) in [7, 11) is 0. The number of aliphatic hydroxyl groups is 4.